The van der Waals surface area contributed by atoms with Gasteiger partial charge >= 0.3 is 0 Å². The van der Waals surface area contributed by atoms with Gasteiger partial charge in [0.2, 0.25) is 0 Å². The van der Waals surface area contributed by atoms with Gasteiger partial charge in [-0.05, 0) is 18.2 Å². The van der Waals surface area contributed by atoms with Gasteiger partial charge in [0, 0.05) is 6.42 Å². The normalized spacial score (nSPS) is 11.8. The molecular formula is C9H8F4. The van der Waals surface area contributed by atoms with Gasteiger partial charge in [0.25, 0.3) is 5.92 Å². The lowest BCUT2D eigenvalue weighted by molar-refractivity contribution is -0.0120. The average molecular weight is 192 g/mol. The Morgan fingerprint density at radius 3 is 2.38 bits per heavy atom. The van der Waals surface area contributed by atoms with Gasteiger partial charge in [-0.2, -0.15) is 0 Å². The Labute approximate surface area is 73.2 Å². The molecule has 0 aromatic heterocycles. The number of hydrogen-bond donors (Lipinski definition) is 0. The van der Waals surface area contributed by atoms with Gasteiger partial charge in [-0.3, -0.25) is 0 Å². The third-order valence-corrected chi connectivity index (χ3v) is 1.77. The fourth-order valence-electron chi connectivity index (χ4n) is 0.968. The van der Waals surface area contributed by atoms with E-state index in [-0.39, 0.29) is 0 Å². The van der Waals surface area contributed by atoms with Crippen LogP contribution < -0.4 is 0 Å². The van der Waals surface area contributed by atoms with E-state index in [1.165, 1.54) is 6.92 Å². The van der Waals surface area contributed by atoms with E-state index in [4.69, 9.17) is 0 Å². The second-order valence-corrected chi connectivity index (χ2v) is 2.68. The molecule has 0 atom stereocenters. The molecule has 0 unspecified atom stereocenters. The first-order chi connectivity index (χ1) is 5.97. The molecule has 0 aliphatic rings. The van der Waals surface area contributed by atoms with E-state index in [1.807, 2.05) is 0 Å². The van der Waals surface area contributed by atoms with Gasteiger partial charge in [0.15, 0.2) is 0 Å². The maximum atomic E-state index is 12.9. The van der Waals surface area contributed by atoms with Crippen LogP contribution in [0.3, 0.4) is 0 Å². The van der Waals surface area contributed by atoms with Crippen LogP contribution in [-0.4, -0.2) is 0 Å². The van der Waals surface area contributed by atoms with Crippen molar-refractivity contribution >= 4 is 0 Å². The number of alkyl halides is 2. The van der Waals surface area contributed by atoms with E-state index in [1.54, 1.807) is 0 Å². The Morgan fingerprint density at radius 1 is 1.23 bits per heavy atom. The lowest BCUT2D eigenvalue weighted by atomic mass is 10.1. The van der Waals surface area contributed by atoms with Crippen LogP contribution in [0.2, 0.25) is 0 Å². The fraction of sp³-hybridized carbons (Fsp3) is 0.333. The molecule has 0 nitrogen and oxygen atoms in total. The summed E-state index contributed by atoms with van der Waals surface area (Å²) < 4.78 is 51.2. The lowest BCUT2D eigenvalue weighted by Gasteiger charge is -2.14. The molecule has 0 spiro atoms. The Bertz CT molecular complexity index is 306. The minimum Gasteiger partial charge on any atom is -0.207 e. The molecule has 0 N–H and O–H groups in total. The minimum absolute atomic E-state index is 0.527. The number of hydrogen-bond acceptors (Lipinski definition) is 0. The summed E-state index contributed by atoms with van der Waals surface area (Å²) in [6.07, 6.45) is -0.548. The Balaban J connectivity index is 3.20. The zero-order valence-corrected chi connectivity index (χ0v) is 6.95. The molecule has 0 aliphatic carbocycles. The molecule has 0 saturated carbocycles. The maximum absolute atomic E-state index is 12.9. The smallest absolute Gasteiger partial charge is 0.207 e. The first-order valence-corrected chi connectivity index (χ1v) is 3.80. The van der Waals surface area contributed by atoms with E-state index in [9.17, 15) is 17.6 Å². The van der Waals surface area contributed by atoms with Gasteiger partial charge < -0.3 is 0 Å². The van der Waals surface area contributed by atoms with Gasteiger partial charge in [-0.25, -0.2) is 17.6 Å². The van der Waals surface area contributed by atoms with E-state index in [0.29, 0.717) is 12.1 Å². The van der Waals surface area contributed by atoms with Crippen LogP contribution in [-0.2, 0) is 5.92 Å². The van der Waals surface area contributed by atoms with Gasteiger partial charge in [-0.1, -0.05) is 6.92 Å². The van der Waals surface area contributed by atoms with Crippen molar-refractivity contribution in [1.82, 2.24) is 0 Å². The van der Waals surface area contributed by atoms with Crippen molar-refractivity contribution in [3.05, 3.63) is 35.4 Å². The van der Waals surface area contributed by atoms with E-state index >= 15 is 0 Å². The van der Waals surface area contributed by atoms with Gasteiger partial charge in [-0.15, -0.1) is 0 Å². The lowest BCUT2D eigenvalue weighted by Crippen LogP contribution is -2.14. The molecule has 0 amide bonds. The SMILES string of the molecule is CCC(F)(F)c1cc(F)ccc1F. The summed E-state index contributed by atoms with van der Waals surface area (Å²) in [5, 5.41) is 0. The molecule has 13 heavy (non-hydrogen) atoms. The van der Waals surface area contributed by atoms with Crippen LogP contribution in [0, 0.1) is 11.6 Å². The Morgan fingerprint density at radius 2 is 1.85 bits per heavy atom. The van der Waals surface area contributed by atoms with Crippen LogP contribution in [0.25, 0.3) is 0 Å². The predicted molar refractivity (Wildman–Crippen MR) is 40.5 cm³/mol. The zero-order valence-electron chi connectivity index (χ0n) is 6.95. The minimum atomic E-state index is -3.30. The summed E-state index contributed by atoms with van der Waals surface area (Å²) in [6, 6.07) is 2.04. The topological polar surface area (TPSA) is 0 Å². The van der Waals surface area contributed by atoms with Crippen molar-refractivity contribution in [1.29, 1.82) is 0 Å². The molecule has 1 aromatic rings. The highest BCUT2D eigenvalue weighted by Gasteiger charge is 2.32. The van der Waals surface area contributed by atoms with Crippen LogP contribution in [0.1, 0.15) is 18.9 Å². The summed E-state index contributed by atoms with van der Waals surface area (Å²) >= 11 is 0. The van der Waals surface area contributed by atoms with Crippen molar-refractivity contribution in [2.45, 2.75) is 19.3 Å². The van der Waals surface area contributed by atoms with Crippen molar-refractivity contribution in [2.75, 3.05) is 0 Å². The predicted octanol–water partition coefficient (Wildman–Crippen LogP) is 3.47. The van der Waals surface area contributed by atoms with Crippen LogP contribution in [0.4, 0.5) is 17.6 Å². The highest BCUT2D eigenvalue weighted by Crippen LogP contribution is 2.33. The second kappa shape index (κ2) is 3.36. The molecule has 0 radical (unpaired) electrons. The zero-order chi connectivity index (χ0) is 10.1. The van der Waals surface area contributed by atoms with E-state index in [2.05, 4.69) is 0 Å². The van der Waals surface area contributed by atoms with Gasteiger partial charge in [0.05, 0.1) is 5.56 Å². The van der Waals surface area contributed by atoms with Crippen LogP contribution in [0.5, 0.6) is 0 Å². The molecule has 0 heterocycles. The van der Waals surface area contributed by atoms with E-state index in [0.717, 1.165) is 6.07 Å². The summed E-state index contributed by atoms with van der Waals surface area (Å²) in [7, 11) is 0. The maximum Gasteiger partial charge on any atom is 0.275 e. The third-order valence-electron chi connectivity index (χ3n) is 1.77. The fourth-order valence-corrected chi connectivity index (χ4v) is 0.968. The highest BCUT2D eigenvalue weighted by molar-refractivity contribution is 5.23. The van der Waals surface area contributed by atoms with Crippen molar-refractivity contribution in [3.8, 4) is 0 Å². The summed E-state index contributed by atoms with van der Waals surface area (Å²) in [5.74, 6) is -5.23. The monoisotopic (exact) mass is 192 g/mol. The first-order valence-electron chi connectivity index (χ1n) is 3.80. The largest absolute Gasteiger partial charge is 0.275 e. The molecule has 0 bridgehead atoms. The number of rotatable bonds is 2. The molecule has 72 valence electrons. The standard InChI is InChI=1S/C9H8F4/c1-2-9(12,13)7-5-6(10)3-4-8(7)11/h3-5H,2H2,1H3. The van der Waals surface area contributed by atoms with Crippen LogP contribution >= 0.6 is 0 Å². The van der Waals surface area contributed by atoms with Gasteiger partial charge in [0.1, 0.15) is 11.6 Å². The van der Waals surface area contributed by atoms with Crippen molar-refractivity contribution < 1.29 is 17.6 Å². The molecule has 0 saturated heterocycles. The summed E-state index contributed by atoms with van der Waals surface area (Å²) in [6.45, 7) is 1.21. The third kappa shape index (κ3) is 1.99. The number of benzene rings is 1. The van der Waals surface area contributed by atoms with Crippen LogP contribution in [0.15, 0.2) is 18.2 Å². The molecule has 0 fully saturated rings. The quantitative estimate of drug-likeness (QED) is 0.629. The molecule has 0 aliphatic heterocycles. The Hall–Kier alpha value is -1.06. The molecule has 4 heteroatoms. The van der Waals surface area contributed by atoms with Crippen molar-refractivity contribution in [2.24, 2.45) is 0 Å². The Kier molecular flexibility index (Phi) is 2.59. The summed E-state index contributed by atoms with van der Waals surface area (Å²) in [4.78, 5) is 0. The molecular weight excluding hydrogens is 184 g/mol. The second-order valence-electron chi connectivity index (χ2n) is 2.68. The van der Waals surface area contributed by atoms with E-state index < -0.39 is 29.5 Å². The average Bonchev–Trinajstić information content (AvgIpc) is 2.09. The summed E-state index contributed by atoms with van der Waals surface area (Å²) in [5.41, 5.74) is -0.880. The highest BCUT2D eigenvalue weighted by atomic mass is 19.3. The molecule has 1 rings (SSSR count). The number of halogens is 4. The first kappa shape index (κ1) is 10.0. The van der Waals surface area contributed by atoms with Crippen molar-refractivity contribution in [3.63, 3.8) is 0 Å². The molecule has 1 aromatic carbocycles.